The molecule has 0 atom stereocenters. The Morgan fingerprint density at radius 1 is 1.22 bits per heavy atom. The third-order valence-electron chi connectivity index (χ3n) is 4.73. The molecule has 23 heavy (non-hydrogen) atoms. The van der Waals surface area contributed by atoms with E-state index < -0.39 is 5.24 Å². The van der Waals surface area contributed by atoms with Gasteiger partial charge in [-0.1, -0.05) is 12.5 Å². The van der Waals surface area contributed by atoms with Crippen molar-refractivity contribution < 1.29 is 9.53 Å². The van der Waals surface area contributed by atoms with E-state index in [0.29, 0.717) is 11.6 Å². The number of nitrogens with one attached hydrogen (secondary N) is 1. The van der Waals surface area contributed by atoms with Gasteiger partial charge in [0, 0.05) is 31.5 Å². The first-order chi connectivity index (χ1) is 11.2. The second-order valence-corrected chi connectivity index (χ2v) is 6.86. The number of benzene rings is 1. The maximum atomic E-state index is 11.7. The number of hydrogen-bond donors (Lipinski definition) is 1. The number of hydrogen-bond acceptors (Lipinski definition) is 4. The van der Waals surface area contributed by atoms with E-state index in [4.69, 9.17) is 16.3 Å². The van der Waals surface area contributed by atoms with Crippen molar-refractivity contribution in [1.29, 1.82) is 0 Å². The molecule has 0 spiro atoms. The van der Waals surface area contributed by atoms with Gasteiger partial charge in [-0.15, -0.1) is 0 Å². The fourth-order valence-electron chi connectivity index (χ4n) is 3.42. The molecular weight excluding hydrogens is 312 g/mol. The van der Waals surface area contributed by atoms with Crippen LogP contribution in [0.2, 0.25) is 0 Å². The zero-order chi connectivity index (χ0) is 16.1. The molecule has 1 aromatic rings. The Morgan fingerprint density at radius 3 is 2.65 bits per heavy atom. The van der Waals surface area contributed by atoms with Crippen molar-refractivity contribution in [3.05, 3.63) is 29.3 Å². The highest BCUT2D eigenvalue weighted by Gasteiger charge is 2.18. The van der Waals surface area contributed by atoms with Gasteiger partial charge in [0.2, 0.25) is 0 Å². The van der Waals surface area contributed by atoms with Crippen LogP contribution in [0.5, 0.6) is 0 Å². The van der Waals surface area contributed by atoms with E-state index in [-0.39, 0.29) is 0 Å². The number of halogens is 1. The minimum absolute atomic E-state index is 0.351. The molecule has 0 radical (unpaired) electrons. The topological polar surface area (TPSA) is 41.6 Å². The van der Waals surface area contributed by atoms with Gasteiger partial charge in [-0.2, -0.15) is 0 Å². The fourth-order valence-corrected chi connectivity index (χ4v) is 3.58. The number of carbonyl (C=O) groups is 1. The zero-order valence-electron chi connectivity index (χ0n) is 13.5. The molecule has 5 heteroatoms. The molecule has 0 saturated carbocycles. The summed E-state index contributed by atoms with van der Waals surface area (Å²) < 4.78 is 5.40. The third kappa shape index (κ3) is 4.69. The highest BCUT2D eigenvalue weighted by molar-refractivity contribution is 6.68. The Kier molecular flexibility index (Phi) is 5.92. The lowest BCUT2D eigenvalue weighted by Gasteiger charge is -2.28. The van der Waals surface area contributed by atoms with Crippen molar-refractivity contribution in [2.75, 3.05) is 31.6 Å². The third-order valence-corrected chi connectivity index (χ3v) is 4.94. The molecule has 2 aliphatic rings. The average Bonchev–Trinajstić information content (AvgIpc) is 2.57. The van der Waals surface area contributed by atoms with E-state index in [1.807, 2.05) is 12.1 Å². The summed E-state index contributed by atoms with van der Waals surface area (Å²) in [6.07, 6.45) is 5.84. The highest BCUT2D eigenvalue weighted by Crippen LogP contribution is 2.24. The molecular formula is C18H25ClN2O2. The lowest BCUT2D eigenvalue weighted by atomic mass is 10.0. The molecule has 0 aromatic heterocycles. The molecule has 3 rings (SSSR count). The molecule has 0 unspecified atom stereocenters. The van der Waals surface area contributed by atoms with Crippen LogP contribution in [0.4, 0.5) is 5.69 Å². The Hall–Kier alpha value is -1.10. The Bertz CT molecular complexity index is 538. The second kappa shape index (κ2) is 8.13. The van der Waals surface area contributed by atoms with Crippen LogP contribution in [0.25, 0.3) is 0 Å². The number of nitrogens with zero attached hydrogens (tertiary/aromatic N) is 1. The molecule has 1 N–H and O–H groups in total. The SMILES string of the molecule is O=C(Cl)c1ccc(CN2CCCCC2)cc1NC1CCOCC1. The lowest BCUT2D eigenvalue weighted by molar-refractivity contribution is 0.0904. The van der Waals surface area contributed by atoms with Crippen molar-refractivity contribution >= 4 is 22.5 Å². The zero-order valence-corrected chi connectivity index (χ0v) is 14.3. The fraction of sp³-hybridized carbons (Fsp3) is 0.611. The van der Waals surface area contributed by atoms with Crippen LogP contribution in [0.15, 0.2) is 18.2 Å². The summed E-state index contributed by atoms with van der Waals surface area (Å²) in [5, 5.41) is 3.11. The van der Waals surface area contributed by atoms with Gasteiger partial charge < -0.3 is 10.1 Å². The van der Waals surface area contributed by atoms with Crippen LogP contribution in [-0.4, -0.2) is 42.5 Å². The molecule has 0 amide bonds. The molecule has 2 fully saturated rings. The summed E-state index contributed by atoms with van der Waals surface area (Å²) in [6, 6.07) is 6.33. The molecule has 2 aliphatic heterocycles. The second-order valence-electron chi connectivity index (χ2n) is 6.52. The normalized spacial score (nSPS) is 20.4. The van der Waals surface area contributed by atoms with Crippen LogP contribution >= 0.6 is 11.6 Å². The number of rotatable bonds is 5. The first kappa shape index (κ1) is 16.7. The monoisotopic (exact) mass is 336 g/mol. The predicted molar refractivity (Wildman–Crippen MR) is 93.2 cm³/mol. The molecule has 126 valence electrons. The van der Waals surface area contributed by atoms with E-state index in [1.54, 1.807) is 0 Å². The van der Waals surface area contributed by atoms with Crippen molar-refractivity contribution in [1.82, 2.24) is 4.90 Å². The van der Waals surface area contributed by atoms with Crippen LogP contribution in [-0.2, 0) is 11.3 Å². The van der Waals surface area contributed by atoms with E-state index in [9.17, 15) is 4.79 Å². The Balaban J connectivity index is 1.73. The van der Waals surface area contributed by atoms with Gasteiger partial charge in [-0.3, -0.25) is 9.69 Å². The maximum absolute atomic E-state index is 11.7. The number of anilines is 1. The molecule has 4 nitrogen and oxygen atoms in total. The van der Waals surface area contributed by atoms with E-state index >= 15 is 0 Å². The van der Waals surface area contributed by atoms with Crippen LogP contribution in [0.3, 0.4) is 0 Å². The molecule has 2 saturated heterocycles. The summed E-state index contributed by atoms with van der Waals surface area (Å²) in [7, 11) is 0. The van der Waals surface area contributed by atoms with Gasteiger partial charge in [-0.25, -0.2) is 0 Å². The highest BCUT2D eigenvalue weighted by atomic mass is 35.5. The van der Waals surface area contributed by atoms with E-state index in [1.165, 1.54) is 37.9 Å². The molecule has 1 aromatic carbocycles. The van der Waals surface area contributed by atoms with Crippen LogP contribution in [0.1, 0.15) is 48.0 Å². The van der Waals surface area contributed by atoms with Crippen molar-refractivity contribution in [2.24, 2.45) is 0 Å². The lowest BCUT2D eigenvalue weighted by Crippen LogP contribution is -2.30. The number of ether oxygens (including phenoxy) is 1. The van der Waals surface area contributed by atoms with Gasteiger partial charge in [-0.05, 0) is 68.1 Å². The average molecular weight is 337 g/mol. The van der Waals surface area contributed by atoms with Crippen LogP contribution < -0.4 is 5.32 Å². The van der Waals surface area contributed by atoms with Gasteiger partial charge in [0.15, 0.2) is 0 Å². The number of carbonyl (C=O) groups excluding carboxylic acids is 1. The molecule has 2 heterocycles. The van der Waals surface area contributed by atoms with Crippen molar-refractivity contribution in [3.63, 3.8) is 0 Å². The van der Waals surface area contributed by atoms with Gasteiger partial charge in [0.25, 0.3) is 5.24 Å². The van der Waals surface area contributed by atoms with Gasteiger partial charge in [0.1, 0.15) is 0 Å². The number of likely N-dealkylation sites (tertiary alicyclic amines) is 1. The first-order valence-corrected chi connectivity index (χ1v) is 8.99. The van der Waals surface area contributed by atoms with Gasteiger partial charge >= 0.3 is 0 Å². The largest absolute Gasteiger partial charge is 0.382 e. The van der Waals surface area contributed by atoms with Crippen molar-refractivity contribution in [3.8, 4) is 0 Å². The smallest absolute Gasteiger partial charge is 0.254 e. The number of piperidine rings is 1. The summed E-state index contributed by atoms with van der Waals surface area (Å²) >= 11 is 5.76. The summed E-state index contributed by atoms with van der Waals surface area (Å²) in [6.45, 7) is 4.82. The van der Waals surface area contributed by atoms with Crippen molar-refractivity contribution in [2.45, 2.75) is 44.7 Å². The molecule has 0 bridgehead atoms. The Labute approximate surface area is 143 Å². The Morgan fingerprint density at radius 2 is 1.96 bits per heavy atom. The maximum Gasteiger partial charge on any atom is 0.254 e. The first-order valence-electron chi connectivity index (χ1n) is 8.62. The quantitative estimate of drug-likeness (QED) is 0.833. The van der Waals surface area contributed by atoms with Crippen LogP contribution in [0, 0.1) is 0 Å². The minimum Gasteiger partial charge on any atom is -0.382 e. The standard InChI is InChI=1S/C18H25ClN2O2/c19-18(22)16-5-4-14(13-21-8-2-1-3-9-21)12-17(16)20-15-6-10-23-11-7-15/h4-5,12,15,20H,1-3,6-11,13H2. The summed E-state index contributed by atoms with van der Waals surface area (Å²) in [5.74, 6) is 0. The molecule has 0 aliphatic carbocycles. The summed E-state index contributed by atoms with van der Waals surface area (Å²) in [5.41, 5.74) is 2.68. The predicted octanol–water partition coefficient (Wildman–Crippen LogP) is 3.64. The van der Waals surface area contributed by atoms with E-state index in [0.717, 1.165) is 38.3 Å². The van der Waals surface area contributed by atoms with Gasteiger partial charge in [0.05, 0.1) is 5.56 Å². The minimum atomic E-state index is -0.399. The van der Waals surface area contributed by atoms with E-state index in [2.05, 4.69) is 16.3 Å². The summed E-state index contributed by atoms with van der Waals surface area (Å²) in [4.78, 5) is 14.2.